The van der Waals surface area contributed by atoms with E-state index in [4.69, 9.17) is 5.73 Å². The standard InChI is InChI=1S/C11H13N5OS/c12-11-15-9(7-3-4-18-10(7)16-11)14-6-1-2-8(17)13-5-6/h3-4,6H,1-2,5H2,(H,13,17)(H3,12,14,15,16). The average molecular weight is 263 g/mol. The highest BCUT2D eigenvalue weighted by Crippen LogP contribution is 2.26. The summed E-state index contributed by atoms with van der Waals surface area (Å²) >= 11 is 1.54. The van der Waals surface area contributed by atoms with E-state index in [2.05, 4.69) is 20.6 Å². The number of anilines is 2. The molecule has 1 aliphatic heterocycles. The summed E-state index contributed by atoms with van der Waals surface area (Å²) in [5.41, 5.74) is 5.69. The van der Waals surface area contributed by atoms with Crippen molar-refractivity contribution in [1.29, 1.82) is 0 Å². The van der Waals surface area contributed by atoms with Crippen molar-refractivity contribution in [3.8, 4) is 0 Å². The molecule has 1 fully saturated rings. The number of aromatic nitrogens is 2. The van der Waals surface area contributed by atoms with E-state index < -0.39 is 0 Å². The largest absolute Gasteiger partial charge is 0.368 e. The molecule has 94 valence electrons. The molecule has 3 rings (SSSR count). The average Bonchev–Trinajstić information content (AvgIpc) is 2.80. The van der Waals surface area contributed by atoms with Crippen LogP contribution >= 0.6 is 11.3 Å². The quantitative estimate of drug-likeness (QED) is 0.750. The third-order valence-electron chi connectivity index (χ3n) is 2.95. The summed E-state index contributed by atoms with van der Waals surface area (Å²) < 4.78 is 0. The van der Waals surface area contributed by atoms with Crippen molar-refractivity contribution in [2.24, 2.45) is 0 Å². The van der Waals surface area contributed by atoms with E-state index in [0.717, 1.165) is 22.5 Å². The summed E-state index contributed by atoms with van der Waals surface area (Å²) in [6.07, 6.45) is 1.35. The number of carbonyl (C=O) groups is 1. The van der Waals surface area contributed by atoms with Gasteiger partial charge in [0, 0.05) is 19.0 Å². The summed E-state index contributed by atoms with van der Waals surface area (Å²) in [4.78, 5) is 20.4. The zero-order chi connectivity index (χ0) is 12.5. The van der Waals surface area contributed by atoms with E-state index in [1.165, 1.54) is 11.3 Å². The lowest BCUT2D eigenvalue weighted by Crippen LogP contribution is -2.42. The first-order chi connectivity index (χ1) is 8.72. The maximum Gasteiger partial charge on any atom is 0.223 e. The predicted octanol–water partition coefficient (Wildman–Crippen LogP) is 0.964. The molecule has 0 aliphatic carbocycles. The summed E-state index contributed by atoms with van der Waals surface area (Å²) in [5.74, 6) is 1.13. The lowest BCUT2D eigenvalue weighted by atomic mass is 10.1. The van der Waals surface area contributed by atoms with Gasteiger partial charge in [0.05, 0.1) is 5.39 Å². The molecule has 1 aliphatic rings. The van der Waals surface area contributed by atoms with Crippen molar-refractivity contribution < 1.29 is 4.79 Å². The number of nitrogens with two attached hydrogens (primary N) is 1. The maximum atomic E-state index is 11.1. The van der Waals surface area contributed by atoms with Crippen LogP contribution < -0.4 is 16.4 Å². The Morgan fingerprint density at radius 1 is 1.50 bits per heavy atom. The highest BCUT2D eigenvalue weighted by atomic mass is 32.1. The van der Waals surface area contributed by atoms with Gasteiger partial charge in [0.15, 0.2) is 0 Å². The Morgan fingerprint density at radius 3 is 3.17 bits per heavy atom. The van der Waals surface area contributed by atoms with Crippen molar-refractivity contribution in [3.63, 3.8) is 0 Å². The monoisotopic (exact) mass is 263 g/mol. The molecular weight excluding hydrogens is 250 g/mol. The molecule has 2 aromatic rings. The van der Waals surface area contributed by atoms with Crippen LogP contribution in [0.4, 0.5) is 11.8 Å². The van der Waals surface area contributed by atoms with Crippen molar-refractivity contribution in [2.45, 2.75) is 18.9 Å². The first-order valence-electron chi connectivity index (χ1n) is 5.76. The van der Waals surface area contributed by atoms with Gasteiger partial charge >= 0.3 is 0 Å². The third kappa shape index (κ3) is 2.08. The zero-order valence-electron chi connectivity index (χ0n) is 9.64. The molecule has 1 saturated heterocycles. The lowest BCUT2D eigenvalue weighted by Gasteiger charge is -2.24. The molecule has 0 aromatic carbocycles. The molecule has 0 spiro atoms. The number of hydrogen-bond acceptors (Lipinski definition) is 6. The van der Waals surface area contributed by atoms with E-state index in [1.54, 1.807) is 0 Å². The van der Waals surface area contributed by atoms with Gasteiger partial charge in [-0.3, -0.25) is 4.79 Å². The van der Waals surface area contributed by atoms with Gasteiger partial charge in [-0.2, -0.15) is 4.98 Å². The number of amides is 1. The predicted molar refractivity (Wildman–Crippen MR) is 71.5 cm³/mol. The second-order valence-electron chi connectivity index (χ2n) is 4.25. The molecule has 3 heterocycles. The van der Waals surface area contributed by atoms with E-state index in [-0.39, 0.29) is 17.9 Å². The fraction of sp³-hybridized carbons (Fsp3) is 0.364. The van der Waals surface area contributed by atoms with Gasteiger partial charge in [0.25, 0.3) is 0 Å². The second kappa shape index (κ2) is 4.41. The highest BCUT2D eigenvalue weighted by molar-refractivity contribution is 7.16. The minimum absolute atomic E-state index is 0.107. The van der Waals surface area contributed by atoms with Crippen LogP contribution in [-0.2, 0) is 4.79 Å². The van der Waals surface area contributed by atoms with Crippen LogP contribution in [0, 0.1) is 0 Å². The third-order valence-corrected chi connectivity index (χ3v) is 3.76. The number of nitrogen functional groups attached to an aromatic ring is 1. The van der Waals surface area contributed by atoms with Gasteiger partial charge in [-0.15, -0.1) is 11.3 Å². The van der Waals surface area contributed by atoms with Crippen LogP contribution in [0.1, 0.15) is 12.8 Å². The Balaban J connectivity index is 1.85. The summed E-state index contributed by atoms with van der Waals surface area (Å²) in [5, 5.41) is 9.11. The molecule has 0 bridgehead atoms. The number of carbonyl (C=O) groups excluding carboxylic acids is 1. The summed E-state index contributed by atoms with van der Waals surface area (Å²) in [6.45, 7) is 0.619. The molecule has 0 radical (unpaired) electrons. The van der Waals surface area contributed by atoms with Crippen molar-refractivity contribution in [2.75, 3.05) is 17.6 Å². The number of fused-ring (bicyclic) bond motifs is 1. The Hall–Kier alpha value is -1.89. The van der Waals surface area contributed by atoms with Crippen molar-refractivity contribution in [1.82, 2.24) is 15.3 Å². The molecule has 6 nitrogen and oxygen atoms in total. The van der Waals surface area contributed by atoms with Gasteiger partial charge in [-0.25, -0.2) is 4.98 Å². The molecule has 18 heavy (non-hydrogen) atoms. The highest BCUT2D eigenvalue weighted by Gasteiger charge is 2.19. The lowest BCUT2D eigenvalue weighted by molar-refractivity contribution is -0.122. The van der Waals surface area contributed by atoms with Crippen LogP contribution in [0.15, 0.2) is 11.4 Å². The smallest absolute Gasteiger partial charge is 0.223 e. The SMILES string of the molecule is Nc1nc(NC2CCC(=O)NC2)c2ccsc2n1. The fourth-order valence-electron chi connectivity index (χ4n) is 2.03. The molecular formula is C11H13N5OS. The van der Waals surface area contributed by atoms with E-state index >= 15 is 0 Å². The molecule has 2 aromatic heterocycles. The van der Waals surface area contributed by atoms with Crippen LogP contribution in [0.2, 0.25) is 0 Å². The van der Waals surface area contributed by atoms with Crippen molar-refractivity contribution in [3.05, 3.63) is 11.4 Å². The topological polar surface area (TPSA) is 92.9 Å². The van der Waals surface area contributed by atoms with E-state index in [1.807, 2.05) is 11.4 Å². The minimum atomic E-state index is 0.107. The molecule has 1 unspecified atom stereocenters. The molecule has 0 saturated carbocycles. The minimum Gasteiger partial charge on any atom is -0.368 e. The van der Waals surface area contributed by atoms with E-state index in [9.17, 15) is 4.79 Å². The van der Waals surface area contributed by atoms with Gasteiger partial charge < -0.3 is 16.4 Å². The maximum absolute atomic E-state index is 11.1. The van der Waals surface area contributed by atoms with Gasteiger partial charge in [0.1, 0.15) is 10.6 Å². The Kier molecular flexibility index (Phi) is 2.75. The number of nitrogens with one attached hydrogen (secondary N) is 2. The number of piperidine rings is 1. The molecule has 7 heteroatoms. The van der Waals surface area contributed by atoms with Crippen LogP contribution in [0.3, 0.4) is 0 Å². The first-order valence-corrected chi connectivity index (χ1v) is 6.64. The summed E-state index contributed by atoms with van der Waals surface area (Å²) in [6, 6.07) is 2.17. The second-order valence-corrected chi connectivity index (χ2v) is 5.15. The van der Waals surface area contributed by atoms with E-state index in [0.29, 0.717) is 13.0 Å². The Morgan fingerprint density at radius 2 is 2.39 bits per heavy atom. The number of nitrogens with zero attached hydrogens (tertiary/aromatic N) is 2. The molecule has 1 amide bonds. The summed E-state index contributed by atoms with van der Waals surface area (Å²) in [7, 11) is 0. The zero-order valence-corrected chi connectivity index (χ0v) is 10.5. The van der Waals surface area contributed by atoms with Gasteiger partial charge in [-0.1, -0.05) is 0 Å². The number of hydrogen-bond donors (Lipinski definition) is 3. The van der Waals surface area contributed by atoms with Crippen molar-refractivity contribution >= 4 is 39.2 Å². The van der Waals surface area contributed by atoms with Crippen LogP contribution in [0.5, 0.6) is 0 Å². The normalized spacial score (nSPS) is 19.8. The van der Waals surface area contributed by atoms with Crippen LogP contribution in [-0.4, -0.2) is 28.5 Å². The Labute approximate surface area is 108 Å². The fourth-order valence-corrected chi connectivity index (χ4v) is 2.80. The van der Waals surface area contributed by atoms with Gasteiger partial charge in [-0.05, 0) is 17.9 Å². The molecule has 4 N–H and O–H groups in total. The Bertz CT molecular complexity index is 586. The molecule has 1 atom stereocenters. The number of rotatable bonds is 2. The van der Waals surface area contributed by atoms with Gasteiger partial charge in [0.2, 0.25) is 11.9 Å². The first kappa shape index (κ1) is 11.2. The number of thiophene rings is 1. The van der Waals surface area contributed by atoms with Crippen LogP contribution in [0.25, 0.3) is 10.2 Å².